The summed E-state index contributed by atoms with van der Waals surface area (Å²) >= 11 is 0. The van der Waals surface area contributed by atoms with Crippen LogP contribution >= 0.6 is 0 Å². The van der Waals surface area contributed by atoms with Crippen molar-refractivity contribution in [2.75, 3.05) is 12.4 Å². The number of amides is 1. The summed E-state index contributed by atoms with van der Waals surface area (Å²) in [4.78, 5) is 24.7. The number of hydrogen-bond donors (Lipinski definition) is 1. The molecule has 34 heavy (non-hydrogen) atoms. The Morgan fingerprint density at radius 1 is 0.971 bits per heavy atom. The number of carbonyl (C=O) groups is 1. The van der Waals surface area contributed by atoms with Crippen LogP contribution in [0.4, 0.5) is 18.9 Å². The van der Waals surface area contributed by atoms with Crippen molar-refractivity contribution in [2.45, 2.75) is 16.9 Å². The monoisotopic (exact) mass is 490 g/mol. The third-order valence-electron chi connectivity index (χ3n) is 5.24. The number of alkyl halides is 3. The lowest BCUT2D eigenvalue weighted by Crippen LogP contribution is -2.24. The maximum atomic E-state index is 13.0. The van der Waals surface area contributed by atoms with Gasteiger partial charge < -0.3 is 14.6 Å². The van der Waals surface area contributed by atoms with E-state index in [0.717, 1.165) is 12.1 Å². The number of anilines is 1. The molecule has 11 heteroatoms. The number of benzene rings is 3. The number of rotatable bonds is 5. The number of ether oxygens (including phenoxy) is 1. The second-order valence-corrected chi connectivity index (χ2v) is 9.25. The molecule has 176 valence electrons. The minimum absolute atomic E-state index is 0.0240. The zero-order valence-corrected chi connectivity index (χ0v) is 18.4. The Morgan fingerprint density at radius 3 is 2.06 bits per heavy atom. The minimum Gasteiger partial charge on any atom is -0.495 e. The molecular formula is C23H17F3N2O5S. The standard InChI is InChI=1S/C23H17F3N2O5S/c1-33-20-11-10-14(34(31,32)23(24,25)26)12-17(20)27-21(29)13-28-18-8-4-2-6-15(18)22(30)16-7-3-5-9-19(16)28/h2-12H,13H2,1H3,(H,27,29). The number of nitrogens with one attached hydrogen (secondary N) is 1. The first-order valence-corrected chi connectivity index (χ1v) is 11.3. The lowest BCUT2D eigenvalue weighted by molar-refractivity contribution is -0.116. The summed E-state index contributed by atoms with van der Waals surface area (Å²) < 4.78 is 69.2. The van der Waals surface area contributed by atoms with E-state index >= 15 is 0 Å². The predicted octanol–water partition coefficient (Wildman–Crippen LogP) is 4.10. The van der Waals surface area contributed by atoms with E-state index in [1.165, 1.54) is 7.11 Å². The van der Waals surface area contributed by atoms with E-state index in [9.17, 15) is 31.2 Å². The predicted molar refractivity (Wildman–Crippen MR) is 121 cm³/mol. The number of methoxy groups -OCH3 is 1. The van der Waals surface area contributed by atoms with Gasteiger partial charge in [0.05, 0.1) is 28.7 Å². The number of nitrogens with zero attached hydrogens (tertiary/aromatic N) is 1. The normalized spacial score (nSPS) is 12.1. The average molecular weight is 490 g/mol. The molecule has 0 aliphatic carbocycles. The molecule has 4 rings (SSSR count). The molecular weight excluding hydrogens is 473 g/mol. The molecule has 1 amide bonds. The Hall–Kier alpha value is -3.86. The molecule has 7 nitrogen and oxygen atoms in total. The summed E-state index contributed by atoms with van der Waals surface area (Å²) in [5.74, 6) is -0.692. The zero-order chi connectivity index (χ0) is 24.7. The van der Waals surface area contributed by atoms with E-state index in [1.54, 1.807) is 53.1 Å². The van der Waals surface area contributed by atoms with Crippen molar-refractivity contribution in [3.05, 3.63) is 77.0 Å². The fraction of sp³-hybridized carbons (Fsp3) is 0.130. The summed E-state index contributed by atoms with van der Waals surface area (Å²) in [7, 11) is -4.40. The molecule has 1 aromatic heterocycles. The number of hydrogen-bond acceptors (Lipinski definition) is 5. The van der Waals surface area contributed by atoms with Gasteiger partial charge in [-0.15, -0.1) is 0 Å². The van der Waals surface area contributed by atoms with Gasteiger partial charge in [0.1, 0.15) is 12.3 Å². The molecule has 4 aromatic rings. The van der Waals surface area contributed by atoms with Gasteiger partial charge in [0, 0.05) is 10.8 Å². The Balaban J connectivity index is 1.76. The fourth-order valence-corrected chi connectivity index (χ4v) is 4.45. The highest BCUT2D eigenvalue weighted by molar-refractivity contribution is 7.92. The van der Waals surface area contributed by atoms with Gasteiger partial charge in [0.2, 0.25) is 5.91 Å². The van der Waals surface area contributed by atoms with Crippen molar-refractivity contribution in [3.63, 3.8) is 0 Å². The zero-order valence-electron chi connectivity index (χ0n) is 17.6. The third-order valence-corrected chi connectivity index (χ3v) is 6.72. The van der Waals surface area contributed by atoms with Crippen LogP contribution in [0.1, 0.15) is 0 Å². The molecule has 0 fully saturated rings. The van der Waals surface area contributed by atoms with Gasteiger partial charge in [0.25, 0.3) is 9.84 Å². The van der Waals surface area contributed by atoms with E-state index in [2.05, 4.69) is 5.32 Å². The number of para-hydroxylation sites is 2. The molecule has 1 N–H and O–H groups in total. The second kappa shape index (κ2) is 8.49. The van der Waals surface area contributed by atoms with Crippen LogP contribution < -0.4 is 15.5 Å². The quantitative estimate of drug-likeness (QED) is 0.425. The first-order chi connectivity index (χ1) is 16.0. The van der Waals surface area contributed by atoms with Gasteiger partial charge in [-0.25, -0.2) is 8.42 Å². The molecule has 0 radical (unpaired) electrons. The number of aromatic nitrogens is 1. The van der Waals surface area contributed by atoms with Crippen molar-refractivity contribution in [1.29, 1.82) is 0 Å². The lowest BCUT2D eigenvalue weighted by atomic mass is 10.1. The molecule has 0 aliphatic rings. The second-order valence-electron chi connectivity index (χ2n) is 7.31. The summed E-state index contributed by atoms with van der Waals surface area (Å²) in [5, 5.41) is 3.21. The summed E-state index contributed by atoms with van der Waals surface area (Å²) in [6, 6.07) is 15.9. The number of sulfone groups is 1. The van der Waals surface area contributed by atoms with Crippen molar-refractivity contribution >= 4 is 43.2 Å². The highest BCUT2D eigenvalue weighted by Gasteiger charge is 2.47. The molecule has 0 atom stereocenters. The summed E-state index contributed by atoms with van der Waals surface area (Å²) in [6.07, 6.45) is 0. The molecule has 0 unspecified atom stereocenters. The first-order valence-electron chi connectivity index (χ1n) is 9.84. The molecule has 0 aliphatic heterocycles. The van der Waals surface area contributed by atoms with E-state index in [4.69, 9.17) is 4.74 Å². The van der Waals surface area contributed by atoms with Crippen LogP contribution in [0, 0.1) is 0 Å². The van der Waals surface area contributed by atoms with E-state index in [0.29, 0.717) is 27.9 Å². The summed E-state index contributed by atoms with van der Waals surface area (Å²) in [5.41, 5.74) is -4.97. The van der Waals surface area contributed by atoms with Crippen LogP contribution in [-0.4, -0.2) is 31.5 Å². The molecule has 0 saturated heterocycles. The number of pyridine rings is 1. The van der Waals surface area contributed by atoms with E-state index in [-0.39, 0.29) is 23.4 Å². The minimum atomic E-state index is -5.63. The van der Waals surface area contributed by atoms with Crippen LogP contribution in [0.25, 0.3) is 21.8 Å². The number of carbonyl (C=O) groups excluding carboxylic acids is 1. The van der Waals surface area contributed by atoms with Crippen LogP contribution in [-0.2, 0) is 21.2 Å². The smallest absolute Gasteiger partial charge is 0.495 e. The van der Waals surface area contributed by atoms with Gasteiger partial charge >= 0.3 is 5.51 Å². The van der Waals surface area contributed by atoms with Gasteiger partial charge in [-0.1, -0.05) is 24.3 Å². The van der Waals surface area contributed by atoms with Crippen LogP contribution in [0.3, 0.4) is 0 Å². The Morgan fingerprint density at radius 2 is 1.53 bits per heavy atom. The number of fused-ring (bicyclic) bond motifs is 2. The van der Waals surface area contributed by atoms with Crippen molar-refractivity contribution < 1.29 is 31.1 Å². The van der Waals surface area contributed by atoms with Gasteiger partial charge in [-0.3, -0.25) is 9.59 Å². The Kier molecular flexibility index (Phi) is 5.82. The average Bonchev–Trinajstić information content (AvgIpc) is 2.81. The molecule has 0 saturated carbocycles. The first kappa shape index (κ1) is 23.3. The Labute approximate surface area is 191 Å². The SMILES string of the molecule is COc1ccc(S(=O)(=O)C(F)(F)F)cc1NC(=O)Cn1c2ccccc2c(=O)c2ccccc21. The van der Waals surface area contributed by atoms with E-state index < -0.39 is 26.1 Å². The molecule has 0 spiro atoms. The van der Waals surface area contributed by atoms with Crippen molar-refractivity contribution in [2.24, 2.45) is 0 Å². The van der Waals surface area contributed by atoms with Crippen molar-refractivity contribution in [1.82, 2.24) is 4.57 Å². The van der Waals surface area contributed by atoms with Gasteiger partial charge in [-0.2, -0.15) is 13.2 Å². The Bertz CT molecular complexity index is 1530. The topological polar surface area (TPSA) is 94.5 Å². The molecule has 3 aromatic carbocycles. The van der Waals surface area contributed by atoms with Gasteiger partial charge in [-0.05, 0) is 42.5 Å². The third kappa shape index (κ3) is 3.98. The lowest BCUT2D eigenvalue weighted by Gasteiger charge is -2.16. The molecule has 1 heterocycles. The maximum Gasteiger partial charge on any atom is 0.501 e. The number of halogens is 3. The van der Waals surface area contributed by atoms with Crippen molar-refractivity contribution in [3.8, 4) is 5.75 Å². The largest absolute Gasteiger partial charge is 0.501 e. The highest BCUT2D eigenvalue weighted by atomic mass is 32.2. The molecule has 0 bridgehead atoms. The van der Waals surface area contributed by atoms with Crippen LogP contribution in [0.5, 0.6) is 5.75 Å². The van der Waals surface area contributed by atoms with E-state index in [1.807, 2.05) is 0 Å². The highest BCUT2D eigenvalue weighted by Crippen LogP contribution is 2.34. The maximum absolute atomic E-state index is 13.0. The fourth-order valence-electron chi connectivity index (χ4n) is 3.67. The van der Waals surface area contributed by atoms with Crippen LogP contribution in [0.15, 0.2) is 76.4 Å². The van der Waals surface area contributed by atoms with Gasteiger partial charge in [0.15, 0.2) is 5.43 Å². The van der Waals surface area contributed by atoms with Crippen LogP contribution in [0.2, 0.25) is 0 Å². The summed E-state index contributed by atoms with van der Waals surface area (Å²) in [6.45, 7) is -0.305.